The summed E-state index contributed by atoms with van der Waals surface area (Å²) in [5, 5.41) is 0. The lowest BCUT2D eigenvalue weighted by atomic mass is 9.91. The Morgan fingerprint density at radius 1 is 1.07 bits per heavy atom. The van der Waals surface area contributed by atoms with Gasteiger partial charge in [-0.3, -0.25) is 9.78 Å². The molecule has 4 rings (SSSR count). The number of pyridine rings is 1. The van der Waals surface area contributed by atoms with Crippen molar-refractivity contribution in [1.29, 1.82) is 0 Å². The number of aromatic nitrogens is 3. The smallest absolute Gasteiger partial charge is 0.260 e. The van der Waals surface area contributed by atoms with Crippen LogP contribution < -0.4 is 4.74 Å². The highest BCUT2D eigenvalue weighted by Gasteiger charge is 2.25. The topological polar surface area (TPSA) is 68.2 Å². The second-order valence-corrected chi connectivity index (χ2v) is 7.31. The summed E-state index contributed by atoms with van der Waals surface area (Å²) in [5.74, 6) is 1.10. The fourth-order valence-corrected chi connectivity index (χ4v) is 3.70. The van der Waals surface area contributed by atoms with E-state index in [1.807, 2.05) is 54.5 Å². The van der Waals surface area contributed by atoms with Gasteiger partial charge in [0, 0.05) is 48.4 Å². The first-order valence-electron chi connectivity index (χ1n) is 9.88. The highest BCUT2D eigenvalue weighted by atomic mass is 16.5. The number of likely N-dealkylation sites (tertiary alicyclic amines) is 1. The van der Waals surface area contributed by atoms with Gasteiger partial charge in [0.1, 0.15) is 12.1 Å². The highest BCUT2D eigenvalue weighted by Crippen LogP contribution is 2.30. The molecule has 6 heteroatoms. The van der Waals surface area contributed by atoms with E-state index in [1.165, 1.54) is 6.33 Å². The van der Waals surface area contributed by atoms with Crippen molar-refractivity contribution in [3.8, 4) is 16.9 Å². The van der Waals surface area contributed by atoms with Crippen LogP contribution in [0.15, 0.2) is 61.2 Å². The molecule has 0 atom stereocenters. The van der Waals surface area contributed by atoms with Crippen molar-refractivity contribution < 1.29 is 9.53 Å². The normalized spacial score (nSPS) is 14.6. The fourth-order valence-electron chi connectivity index (χ4n) is 3.70. The van der Waals surface area contributed by atoms with Crippen molar-refractivity contribution >= 4 is 5.91 Å². The van der Waals surface area contributed by atoms with E-state index < -0.39 is 0 Å². The number of carbonyl (C=O) groups excluding carboxylic acids is 1. The largest absolute Gasteiger partial charge is 0.484 e. The van der Waals surface area contributed by atoms with E-state index >= 15 is 0 Å². The summed E-state index contributed by atoms with van der Waals surface area (Å²) in [7, 11) is 0. The molecule has 0 bridgehead atoms. The number of carbonyl (C=O) groups is 1. The first-order valence-corrected chi connectivity index (χ1v) is 9.88. The van der Waals surface area contributed by atoms with Gasteiger partial charge in [-0.2, -0.15) is 0 Å². The van der Waals surface area contributed by atoms with Crippen LogP contribution in [0.2, 0.25) is 0 Å². The van der Waals surface area contributed by atoms with Crippen LogP contribution in [0.25, 0.3) is 11.1 Å². The molecular weight excluding hydrogens is 364 g/mol. The molecule has 1 aliphatic heterocycles. The maximum atomic E-state index is 12.5. The van der Waals surface area contributed by atoms with Crippen LogP contribution >= 0.6 is 0 Å². The van der Waals surface area contributed by atoms with Crippen molar-refractivity contribution in [3.05, 3.63) is 72.6 Å². The second kappa shape index (κ2) is 8.82. The van der Waals surface area contributed by atoms with E-state index in [0.29, 0.717) is 5.92 Å². The number of nitrogens with zero attached hydrogens (tertiary/aromatic N) is 4. The molecule has 1 fully saturated rings. The van der Waals surface area contributed by atoms with Gasteiger partial charge in [0.15, 0.2) is 6.61 Å². The Labute approximate surface area is 170 Å². The summed E-state index contributed by atoms with van der Waals surface area (Å²) in [4.78, 5) is 27.4. The number of benzene rings is 1. The van der Waals surface area contributed by atoms with Gasteiger partial charge >= 0.3 is 0 Å². The third-order valence-electron chi connectivity index (χ3n) is 5.24. The molecule has 0 N–H and O–H groups in total. The van der Waals surface area contributed by atoms with Gasteiger partial charge < -0.3 is 9.64 Å². The minimum Gasteiger partial charge on any atom is -0.484 e. The van der Waals surface area contributed by atoms with Crippen molar-refractivity contribution in [3.63, 3.8) is 0 Å². The van der Waals surface area contributed by atoms with Crippen LogP contribution in [-0.4, -0.2) is 45.5 Å². The second-order valence-electron chi connectivity index (χ2n) is 7.31. The van der Waals surface area contributed by atoms with Gasteiger partial charge in [-0.25, -0.2) is 9.97 Å². The quantitative estimate of drug-likeness (QED) is 0.668. The van der Waals surface area contributed by atoms with Crippen molar-refractivity contribution in [2.45, 2.75) is 25.7 Å². The Hall–Kier alpha value is -3.28. The third kappa shape index (κ3) is 4.77. The molecule has 0 unspecified atom stereocenters. The van der Waals surface area contributed by atoms with Crippen molar-refractivity contribution in [1.82, 2.24) is 19.9 Å². The standard InChI is InChI=1S/C23H24N4O2/c1-17-11-19(20-13-24-16-25-14-20)12-22(26-17)18-7-9-27(10-8-18)23(28)15-29-21-5-3-2-4-6-21/h2-6,11-14,16,18H,7-10,15H2,1H3. The van der Waals surface area contributed by atoms with E-state index in [9.17, 15) is 4.79 Å². The van der Waals surface area contributed by atoms with Crippen LogP contribution in [-0.2, 0) is 4.79 Å². The first-order chi connectivity index (χ1) is 14.2. The maximum Gasteiger partial charge on any atom is 0.260 e. The number of para-hydroxylation sites is 1. The predicted octanol–water partition coefficient (Wildman–Crippen LogP) is 3.63. The summed E-state index contributed by atoms with van der Waals surface area (Å²) in [6.07, 6.45) is 6.97. The Bertz CT molecular complexity index is 955. The molecule has 3 heterocycles. The maximum absolute atomic E-state index is 12.5. The number of rotatable bonds is 5. The molecule has 3 aromatic rings. The zero-order valence-corrected chi connectivity index (χ0v) is 16.5. The molecule has 6 nitrogen and oxygen atoms in total. The molecule has 0 spiro atoms. The van der Waals surface area contributed by atoms with Crippen molar-refractivity contribution in [2.75, 3.05) is 19.7 Å². The van der Waals surface area contributed by atoms with E-state index in [-0.39, 0.29) is 12.5 Å². The molecule has 1 amide bonds. The van der Waals surface area contributed by atoms with Crippen LogP contribution in [0.5, 0.6) is 5.75 Å². The monoisotopic (exact) mass is 388 g/mol. The molecular formula is C23H24N4O2. The summed E-state index contributed by atoms with van der Waals surface area (Å²) < 4.78 is 5.60. The van der Waals surface area contributed by atoms with Crippen LogP contribution in [0.1, 0.15) is 30.1 Å². The van der Waals surface area contributed by atoms with E-state index in [1.54, 1.807) is 0 Å². The Morgan fingerprint density at radius 3 is 2.52 bits per heavy atom. The van der Waals surface area contributed by atoms with Gasteiger partial charge in [-0.1, -0.05) is 18.2 Å². The lowest BCUT2D eigenvalue weighted by Gasteiger charge is -2.32. The average molecular weight is 388 g/mol. The lowest BCUT2D eigenvalue weighted by Crippen LogP contribution is -2.40. The van der Waals surface area contributed by atoms with Gasteiger partial charge in [0.25, 0.3) is 5.91 Å². The van der Waals surface area contributed by atoms with Crippen molar-refractivity contribution in [2.24, 2.45) is 0 Å². The van der Waals surface area contributed by atoms with Gasteiger partial charge in [0.2, 0.25) is 0 Å². The van der Waals surface area contributed by atoms with E-state index in [2.05, 4.69) is 22.1 Å². The average Bonchev–Trinajstić information content (AvgIpc) is 2.78. The number of hydrogen-bond donors (Lipinski definition) is 0. The molecule has 0 radical (unpaired) electrons. The summed E-state index contributed by atoms with van der Waals surface area (Å²) in [6.45, 7) is 3.54. The number of amides is 1. The first kappa shape index (κ1) is 19.1. The van der Waals surface area contributed by atoms with Gasteiger partial charge in [-0.15, -0.1) is 0 Å². The molecule has 0 aliphatic carbocycles. The Morgan fingerprint density at radius 2 is 1.79 bits per heavy atom. The zero-order chi connectivity index (χ0) is 20.1. The fraction of sp³-hybridized carbons (Fsp3) is 0.304. The minimum atomic E-state index is 0.0339. The summed E-state index contributed by atoms with van der Waals surface area (Å²) in [5.41, 5.74) is 4.14. The van der Waals surface area contributed by atoms with Crippen LogP contribution in [0.3, 0.4) is 0 Å². The van der Waals surface area contributed by atoms with Gasteiger partial charge in [-0.05, 0) is 49.6 Å². The summed E-state index contributed by atoms with van der Waals surface area (Å²) >= 11 is 0. The number of aryl methyl sites for hydroxylation is 1. The molecule has 29 heavy (non-hydrogen) atoms. The SMILES string of the molecule is Cc1cc(-c2cncnc2)cc(C2CCN(C(=O)COc3ccccc3)CC2)n1. The van der Waals surface area contributed by atoms with Crippen LogP contribution in [0, 0.1) is 6.92 Å². The molecule has 2 aromatic heterocycles. The predicted molar refractivity (Wildman–Crippen MR) is 110 cm³/mol. The Balaban J connectivity index is 1.37. The molecule has 1 aromatic carbocycles. The Kier molecular flexibility index (Phi) is 5.79. The lowest BCUT2D eigenvalue weighted by molar-refractivity contribution is -0.134. The molecule has 0 saturated carbocycles. The molecule has 1 aliphatic rings. The third-order valence-corrected chi connectivity index (χ3v) is 5.24. The van der Waals surface area contributed by atoms with Crippen LogP contribution in [0.4, 0.5) is 0 Å². The highest BCUT2D eigenvalue weighted by molar-refractivity contribution is 5.77. The number of piperidine rings is 1. The molecule has 1 saturated heterocycles. The zero-order valence-electron chi connectivity index (χ0n) is 16.5. The van der Waals surface area contributed by atoms with E-state index in [4.69, 9.17) is 9.72 Å². The summed E-state index contributed by atoms with van der Waals surface area (Å²) in [6, 6.07) is 13.6. The van der Waals surface area contributed by atoms with Gasteiger partial charge in [0.05, 0.1) is 0 Å². The number of ether oxygens (including phenoxy) is 1. The van der Waals surface area contributed by atoms with E-state index in [0.717, 1.165) is 54.2 Å². The minimum absolute atomic E-state index is 0.0339. The number of hydrogen-bond acceptors (Lipinski definition) is 5. The molecule has 148 valence electrons.